The highest BCUT2D eigenvalue weighted by Gasteiger charge is 2.19. The summed E-state index contributed by atoms with van der Waals surface area (Å²) in [6.45, 7) is 5.60. The number of esters is 1. The molecule has 0 unspecified atom stereocenters. The third-order valence-corrected chi connectivity index (χ3v) is 6.42. The smallest absolute Gasteiger partial charge is 0.346 e. The minimum Gasteiger partial charge on any atom is -0.476 e. The summed E-state index contributed by atoms with van der Waals surface area (Å²) in [5.41, 5.74) is 0.989. The van der Waals surface area contributed by atoms with E-state index in [0.29, 0.717) is 32.5 Å². The second-order valence-corrected chi connectivity index (χ2v) is 9.58. The van der Waals surface area contributed by atoms with Crippen LogP contribution in [0.5, 0.6) is 5.75 Å². The molecule has 3 rings (SSSR count). The van der Waals surface area contributed by atoms with Crippen molar-refractivity contribution in [3.05, 3.63) is 66.0 Å². The van der Waals surface area contributed by atoms with Gasteiger partial charge in [-0.1, -0.05) is 41.4 Å². The Bertz CT molecular complexity index is 1270. The second-order valence-electron chi connectivity index (χ2n) is 7.40. The number of ether oxygens (including phenoxy) is 2. The lowest BCUT2D eigenvalue weighted by atomic mass is 10.1. The van der Waals surface area contributed by atoms with Gasteiger partial charge in [0.05, 0.1) is 33.7 Å². The molecule has 0 saturated heterocycles. The van der Waals surface area contributed by atoms with Gasteiger partial charge >= 0.3 is 5.97 Å². The van der Waals surface area contributed by atoms with Gasteiger partial charge in [0.25, 0.3) is 5.56 Å². The summed E-state index contributed by atoms with van der Waals surface area (Å²) in [6.07, 6.45) is 1.50. The first-order valence-corrected chi connectivity index (χ1v) is 12.1. The summed E-state index contributed by atoms with van der Waals surface area (Å²) in [6, 6.07) is 8.76. The van der Waals surface area contributed by atoms with Gasteiger partial charge in [0.1, 0.15) is 5.82 Å². The molecule has 0 saturated carbocycles. The number of carbonyl (C=O) groups excluding carboxylic acids is 1. The fraction of sp³-hybridized carbons (Fsp3) is 0.304. The van der Waals surface area contributed by atoms with Crippen molar-refractivity contribution in [1.82, 2.24) is 9.66 Å². The Kier molecular flexibility index (Phi) is 8.31. The van der Waals surface area contributed by atoms with Crippen molar-refractivity contribution in [2.24, 2.45) is 5.10 Å². The fourth-order valence-electron chi connectivity index (χ4n) is 3.06. The topological polar surface area (TPSA) is 82.8 Å². The van der Waals surface area contributed by atoms with Crippen LogP contribution in [0, 0.1) is 0 Å². The molecule has 3 aromatic rings. The van der Waals surface area contributed by atoms with Crippen LogP contribution in [0.2, 0.25) is 5.02 Å². The van der Waals surface area contributed by atoms with E-state index < -0.39 is 12.1 Å². The highest BCUT2D eigenvalue weighted by molar-refractivity contribution is 9.10. The molecule has 1 heterocycles. The maximum atomic E-state index is 13.2. The largest absolute Gasteiger partial charge is 0.476 e. The maximum Gasteiger partial charge on any atom is 0.346 e. The van der Waals surface area contributed by atoms with E-state index in [1.807, 2.05) is 26.0 Å². The molecule has 2 atom stereocenters. The molecule has 10 heteroatoms. The predicted octanol–water partition coefficient (Wildman–Crippen LogP) is 5.91. The van der Waals surface area contributed by atoms with Crippen molar-refractivity contribution in [3.8, 4) is 5.75 Å². The zero-order valence-electron chi connectivity index (χ0n) is 18.4. The maximum absolute atomic E-state index is 13.2. The van der Waals surface area contributed by atoms with Crippen molar-refractivity contribution < 1.29 is 14.3 Å². The summed E-state index contributed by atoms with van der Waals surface area (Å²) < 4.78 is 12.9. The van der Waals surface area contributed by atoms with Gasteiger partial charge in [-0.25, -0.2) is 9.78 Å². The predicted molar refractivity (Wildman–Crippen MR) is 137 cm³/mol. The molecule has 0 amide bonds. The number of nitrogens with zero attached hydrogens (tertiary/aromatic N) is 3. The lowest BCUT2D eigenvalue weighted by Gasteiger charge is -2.16. The molecule has 174 valence electrons. The SMILES string of the molecule is CC[C@H](C)c1nc2ccc(Br)cc2c(=O)n1N=Cc1cc(Cl)c(O[C@@H](C)C(=O)OC)c(Br)c1. The Morgan fingerprint density at radius 1 is 1.27 bits per heavy atom. The summed E-state index contributed by atoms with van der Waals surface area (Å²) in [5.74, 6) is 0.386. The first kappa shape index (κ1) is 25.4. The molecule has 1 aromatic heterocycles. The van der Waals surface area contributed by atoms with Gasteiger partial charge < -0.3 is 9.47 Å². The van der Waals surface area contributed by atoms with E-state index in [1.165, 1.54) is 18.0 Å². The monoisotopic (exact) mass is 597 g/mol. The van der Waals surface area contributed by atoms with Crippen molar-refractivity contribution >= 4 is 66.5 Å². The molecule has 0 N–H and O–H groups in total. The number of benzene rings is 2. The van der Waals surface area contributed by atoms with Crippen molar-refractivity contribution in [2.45, 2.75) is 39.2 Å². The molecule has 7 nitrogen and oxygen atoms in total. The van der Waals surface area contributed by atoms with Crippen LogP contribution in [-0.2, 0) is 9.53 Å². The van der Waals surface area contributed by atoms with Crippen LogP contribution >= 0.6 is 43.5 Å². The number of hydrogen-bond donors (Lipinski definition) is 0. The average Bonchev–Trinajstić information content (AvgIpc) is 2.79. The summed E-state index contributed by atoms with van der Waals surface area (Å²) in [4.78, 5) is 29.6. The quantitative estimate of drug-likeness (QED) is 0.249. The van der Waals surface area contributed by atoms with Crippen LogP contribution in [0.1, 0.15) is 44.5 Å². The van der Waals surface area contributed by atoms with E-state index in [4.69, 9.17) is 21.3 Å². The zero-order valence-corrected chi connectivity index (χ0v) is 22.4. The first-order valence-electron chi connectivity index (χ1n) is 10.2. The van der Waals surface area contributed by atoms with Crippen LogP contribution in [0.15, 0.2) is 49.2 Å². The van der Waals surface area contributed by atoms with E-state index in [-0.39, 0.29) is 16.5 Å². The number of halogens is 3. The van der Waals surface area contributed by atoms with Gasteiger partial charge in [-0.15, -0.1) is 0 Å². The Morgan fingerprint density at radius 2 is 2.00 bits per heavy atom. The van der Waals surface area contributed by atoms with Gasteiger partial charge in [-0.05, 0) is 65.2 Å². The van der Waals surface area contributed by atoms with Gasteiger partial charge in [0.2, 0.25) is 0 Å². The number of aromatic nitrogens is 2. The van der Waals surface area contributed by atoms with E-state index >= 15 is 0 Å². The zero-order chi connectivity index (χ0) is 24.3. The second kappa shape index (κ2) is 10.8. The first-order chi connectivity index (χ1) is 15.7. The van der Waals surface area contributed by atoms with Gasteiger partial charge in [-0.3, -0.25) is 4.79 Å². The number of carbonyl (C=O) groups is 1. The molecule has 2 aromatic carbocycles. The van der Waals surface area contributed by atoms with Crippen LogP contribution in [0.4, 0.5) is 0 Å². The van der Waals surface area contributed by atoms with E-state index in [0.717, 1.165) is 10.9 Å². The van der Waals surface area contributed by atoms with E-state index in [1.54, 1.807) is 25.1 Å². The molecule has 33 heavy (non-hydrogen) atoms. The van der Waals surface area contributed by atoms with Gasteiger partial charge in [-0.2, -0.15) is 9.78 Å². The third kappa shape index (κ3) is 5.65. The molecule has 0 aliphatic carbocycles. The average molecular weight is 600 g/mol. The van der Waals surface area contributed by atoms with Gasteiger partial charge in [0, 0.05) is 10.4 Å². The summed E-state index contributed by atoms with van der Waals surface area (Å²) >= 11 is 13.2. The highest BCUT2D eigenvalue weighted by Crippen LogP contribution is 2.35. The summed E-state index contributed by atoms with van der Waals surface area (Å²) in [7, 11) is 1.29. The molecule has 0 spiro atoms. The van der Waals surface area contributed by atoms with Crippen LogP contribution in [-0.4, -0.2) is 35.1 Å². The number of fused-ring (bicyclic) bond motifs is 1. The molecular weight excluding hydrogens is 578 g/mol. The lowest BCUT2D eigenvalue weighted by Crippen LogP contribution is -2.25. The molecule has 0 bridgehead atoms. The fourth-order valence-corrected chi connectivity index (χ4v) is 4.38. The number of methoxy groups -OCH3 is 1. The third-order valence-electron chi connectivity index (χ3n) is 5.06. The number of hydrogen-bond acceptors (Lipinski definition) is 6. The minimum atomic E-state index is -0.831. The van der Waals surface area contributed by atoms with E-state index in [9.17, 15) is 9.59 Å². The normalized spacial score (nSPS) is 13.3. The standard InChI is InChI=1S/C23H22Br2ClN3O4/c1-5-12(2)21-28-19-7-6-15(24)10-16(19)22(30)29(21)27-11-14-8-17(25)20(18(26)9-14)33-13(3)23(31)32-4/h6-13H,5H2,1-4H3/t12-,13-/m0/s1. The molecule has 0 radical (unpaired) electrons. The Hall–Kier alpha value is -2.23. The summed E-state index contributed by atoms with van der Waals surface area (Å²) in [5, 5.41) is 5.19. The molecule has 0 aliphatic rings. The van der Waals surface area contributed by atoms with Crippen molar-refractivity contribution in [3.63, 3.8) is 0 Å². The van der Waals surface area contributed by atoms with Crippen LogP contribution in [0.3, 0.4) is 0 Å². The Labute approximate surface area is 213 Å². The molecule has 0 fully saturated rings. The van der Waals surface area contributed by atoms with E-state index in [2.05, 4.69) is 41.7 Å². The molecule has 0 aliphatic heterocycles. The Morgan fingerprint density at radius 3 is 2.64 bits per heavy atom. The highest BCUT2D eigenvalue weighted by atomic mass is 79.9. The van der Waals surface area contributed by atoms with Crippen LogP contribution in [0.25, 0.3) is 10.9 Å². The van der Waals surface area contributed by atoms with Crippen molar-refractivity contribution in [1.29, 1.82) is 0 Å². The van der Waals surface area contributed by atoms with Crippen LogP contribution < -0.4 is 10.3 Å². The lowest BCUT2D eigenvalue weighted by molar-refractivity contribution is -0.147. The Balaban J connectivity index is 2.04. The van der Waals surface area contributed by atoms with Gasteiger partial charge in [0.15, 0.2) is 11.9 Å². The number of rotatable bonds is 7. The molecular formula is C23H22Br2ClN3O4. The van der Waals surface area contributed by atoms with Crippen molar-refractivity contribution in [2.75, 3.05) is 7.11 Å². The minimum absolute atomic E-state index is 0.0220.